The van der Waals surface area contributed by atoms with Gasteiger partial charge in [-0.05, 0) is 44.4 Å². The number of aryl methyl sites for hydroxylation is 1. The lowest BCUT2D eigenvalue weighted by molar-refractivity contribution is 0.646. The van der Waals surface area contributed by atoms with Gasteiger partial charge in [0.15, 0.2) is 0 Å². The minimum atomic E-state index is 0.242. The Labute approximate surface area is 109 Å². The summed E-state index contributed by atoms with van der Waals surface area (Å²) in [5.74, 6) is 0. The van der Waals surface area contributed by atoms with Gasteiger partial charge >= 0.3 is 0 Å². The summed E-state index contributed by atoms with van der Waals surface area (Å²) in [5, 5.41) is 0. The van der Waals surface area contributed by atoms with Gasteiger partial charge in [0.25, 0.3) is 0 Å². The molecule has 1 heterocycles. The number of hydrogen-bond acceptors (Lipinski definition) is 2. The van der Waals surface area contributed by atoms with Gasteiger partial charge in [-0.2, -0.15) is 0 Å². The Balaban J connectivity index is 2.30. The second-order valence-electron chi connectivity index (χ2n) is 4.83. The van der Waals surface area contributed by atoms with Gasteiger partial charge in [-0.3, -0.25) is 0 Å². The topological polar surface area (TPSA) is 43.8 Å². The molecule has 0 spiro atoms. The molecule has 0 aliphatic rings. The smallest absolute Gasteiger partial charge is 0.0997 e. The average Bonchev–Trinajstić information content (AvgIpc) is 2.70. The molecule has 0 saturated carbocycles. The molecule has 1 aromatic heterocycles. The molecule has 96 valence electrons. The minimum Gasteiger partial charge on any atom is -0.327 e. The van der Waals surface area contributed by atoms with Crippen LogP contribution in [0.5, 0.6) is 0 Å². The standard InChI is InChI=1S/C15H21N3/c1-4-14(16)8-13-6-5-7-15(9-13)18-10-17-11(2)12(18)3/h5-7,9-10,14H,4,8,16H2,1-3H3. The Kier molecular flexibility index (Phi) is 3.82. The monoisotopic (exact) mass is 243 g/mol. The molecule has 0 aliphatic carbocycles. The lowest BCUT2D eigenvalue weighted by Gasteiger charge is -2.11. The van der Waals surface area contributed by atoms with Gasteiger partial charge in [-0.15, -0.1) is 0 Å². The van der Waals surface area contributed by atoms with Crippen molar-refractivity contribution in [3.63, 3.8) is 0 Å². The van der Waals surface area contributed by atoms with Crippen LogP contribution in [0.1, 0.15) is 30.3 Å². The van der Waals surface area contributed by atoms with Crippen LogP contribution >= 0.6 is 0 Å². The van der Waals surface area contributed by atoms with Gasteiger partial charge < -0.3 is 10.3 Å². The van der Waals surface area contributed by atoms with Crippen LogP contribution < -0.4 is 5.73 Å². The van der Waals surface area contributed by atoms with E-state index in [9.17, 15) is 0 Å². The summed E-state index contributed by atoms with van der Waals surface area (Å²) >= 11 is 0. The highest BCUT2D eigenvalue weighted by Crippen LogP contribution is 2.16. The molecule has 2 rings (SSSR count). The first-order valence-corrected chi connectivity index (χ1v) is 6.47. The van der Waals surface area contributed by atoms with Crippen molar-refractivity contribution in [2.45, 2.75) is 39.7 Å². The van der Waals surface area contributed by atoms with Crippen LogP contribution in [0, 0.1) is 13.8 Å². The van der Waals surface area contributed by atoms with Crippen LogP contribution in [0.25, 0.3) is 5.69 Å². The van der Waals surface area contributed by atoms with Crippen LogP contribution in [-0.4, -0.2) is 15.6 Å². The molecule has 2 N–H and O–H groups in total. The number of imidazole rings is 1. The Morgan fingerprint density at radius 2 is 2.11 bits per heavy atom. The molecule has 1 atom stereocenters. The van der Waals surface area contributed by atoms with E-state index in [0.717, 1.165) is 24.2 Å². The average molecular weight is 243 g/mol. The summed E-state index contributed by atoms with van der Waals surface area (Å²) in [6, 6.07) is 8.77. The maximum Gasteiger partial charge on any atom is 0.0997 e. The van der Waals surface area contributed by atoms with Crippen molar-refractivity contribution in [2.75, 3.05) is 0 Å². The Morgan fingerprint density at radius 3 is 2.72 bits per heavy atom. The van der Waals surface area contributed by atoms with Crippen molar-refractivity contribution < 1.29 is 0 Å². The Morgan fingerprint density at radius 1 is 1.33 bits per heavy atom. The van der Waals surface area contributed by atoms with Gasteiger partial charge in [-0.25, -0.2) is 4.98 Å². The molecule has 0 fully saturated rings. The normalized spacial score (nSPS) is 12.7. The summed E-state index contributed by atoms with van der Waals surface area (Å²) in [7, 11) is 0. The number of aromatic nitrogens is 2. The van der Waals surface area contributed by atoms with Crippen LogP contribution in [0.4, 0.5) is 0 Å². The summed E-state index contributed by atoms with van der Waals surface area (Å²) in [6.45, 7) is 6.24. The predicted octanol–water partition coefficient (Wildman–Crippen LogP) is 2.77. The highest BCUT2D eigenvalue weighted by molar-refractivity contribution is 5.38. The van der Waals surface area contributed by atoms with Crippen molar-refractivity contribution in [1.29, 1.82) is 0 Å². The molecule has 0 radical (unpaired) electrons. The molecule has 1 aromatic carbocycles. The SMILES string of the molecule is CCC(N)Cc1cccc(-n2cnc(C)c2C)c1. The summed E-state index contributed by atoms with van der Waals surface area (Å²) in [6.07, 6.45) is 3.81. The second-order valence-corrected chi connectivity index (χ2v) is 4.83. The summed E-state index contributed by atoms with van der Waals surface area (Å²) in [4.78, 5) is 4.34. The largest absolute Gasteiger partial charge is 0.327 e. The first-order chi connectivity index (χ1) is 8.61. The molecule has 3 nitrogen and oxygen atoms in total. The first kappa shape index (κ1) is 12.8. The Bertz CT molecular complexity index is 528. The van der Waals surface area contributed by atoms with E-state index in [2.05, 4.69) is 47.7 Å². The van der Waals surface area contributed by atoms with Gasteiger partial charge in [0.2, 0.25) is 0 Å². The van der Waals surface area contributed by atoms with Crippen molar-refractivity contribution in [1.82, 2.24) is 9.55 Å². The van der Waals surface area contributed by atoms with Crippen LogP contribution in [0.3, 0.4) is 0 Å². The first-order valence-electron chi connectivity index (χ1n) is 6.47. The second kappa shape index (κ2) is 5.36. The van der Waals surface area contributed by atoms with Crippen molar-refractivity contribution in [2.24, 2.45) is 5.73 Å². The van der Waals surface area contributed by atoms with E-state index in [4.69, 9.17) is 5.73 Å². The molecular formula is C15H21N3. The maximum atomic E-state index is 6.01. The van der Waals surface area contributed by atoms with Gasteiger partial charge in [0.1, 0.15) is 0 Å². The van der Waals surface area contributed by atoms with E-state index in [-0.39, 0.29) is 6.04 Å². The molecule has 2 aromatic rings. The molecule has 0 aliphatic heterocycles. The van der Waals surface area contributed by atoms with E-state index in [1.807, 2.05) is 13.3 Å². The van der Waals surface area contributed by atoms with Crippen molar-refractivity contribution in [3.8, 4) is 5.69 Å². The van der Waals surface area contributed by atoms with Gasteiger partial charge in [-0.1, -0.05) is 19.1 Å². The van der Waals surface area contributed by atoms with Crippen molar-refractivity contribution >= 4 is 0 Å². The zero-order chi connectivity index (χ0) is 13.1. The molecule has 1 unspecified atom stereocenters. The minimum absolute atomic E-state index is 0.242. The fourth-order valence-electron chi connectivity index (χ4n) is 2.04. The fraction of sp³-hybridized carbons (Fsp3) is 0.400. The third-order valence-corrected chi connectivity index (χ3v) is 3.46. The summed E-state index contributed by atoms with van der Waals surface area (Å²) in [5.41, 5.74) is 10.7. The number of nitrogens with two attached hydrogens (primary N) is 1. The van der Waals surface area contributed by atoms with E-state index >= 15 is 0 Å². The molecule has 0 bridgehead atoms. The molecule has 0 amide bonds. The van der Waals surface area contributed by atoms with Crippen LogP contribution in [0.2, 0.25) is 0 Å². The summed E-state index contributed by atoms with van der Waals surface area (Å²) < 4.78 is 2.12. The number of rotatable bonds is 4. The molecule has 3 heteroatoms. The zero-order valence-corrected chi connectivity index (χ0v) is 11.4. The third-order valence-electron chi connectivity index (χ3n) is 3.46. The van der Waals surface area contributed by atoms with E-state index in [1.54, 1.807) is 0 Å². The maximum absolute atomic E-state index is 6.01. The fourth-order valence-corrected chi connectivity index (χ4v) is 2.04. The van der Waals surface area contributed by atoms with Crippen LogP contribution in [-0.2, 0) is 6.42 Å². The van der Waals surface area contributed by atoms with E-state index in [0.29, 0.717) is 0 Å². The molecule has 0 saturated heterocycles. The number of benzene rings is 1. The highest BCUT2D eigenvalue weighted by atomic mass is 15.1. The number of nitrogens with zero attached hydrogens (tertiary/aromatic N) is 2. The Hall–Kier alpha value is -1.61. The number of hydrogen-bond donors (Lipinski definition) is 1. The van der Waals surface area contributed by atoms with E-state index in [1.165, 1.54) is 11.3 Å². The third kappa shape index (κ3) is 2.62. The van der Waals surface area contributed by atoms with Gasteiger partial charge in [0.05, 0.1) is 12.0 Å². The van der Waals surface area contributed by atoms with Gasteiger partial charge in [0, 0.05) is 17.4 Å². The van der Waals surface area contributed by atoms with Crippen LogP contribution in [0.15, 0.2) is 30.6 Å². The molecule has 18 heavy (non-hydrogen) atoms. The predicted molar refractivity (Wildman–Crippen MR) is 75.0 cm³/mol. The zero-order valence-electron chi connectivity index (χ0n) is 11.4. The molecular weight excluding hydrogens is 222 g/mol. The van der Waals surface area contributed by atoms with Crippen molar-refractivity contribution in [3.05, 3.63) is 47.5 Å². The lowest BCUT2D eigenvalue weighted by atomic mass is 10.0. The quantitative estimate of drug-likeness (QED) is 0.897. The lowest BCUT2D eigenvalue weighted by Crippen LogP contribution is -2.21. The highest BCUT2D eigenvalue weighted by Gasteiger charge is 2.06. The van der Waals surface area contributed by atoms with E-state index < -0.39 is 0 Å².